The van der Waals surface area contributed by atoms with Crippen molar-refractivity contribution in [2.24, 2.45) is 0 Å². The van der Waals surface area contributed by atoms with Crippen molar-refractivity contribution in [3.63, 3.8) is 0 Å². The predicted octanol–water partition coefficient (Wildman–Crippen LogP) is 2.48. The van der Waals surface area contributed by atoms with Crippen LogP contribution < -0.4 is 15.8 Å². The summed E-state index contributed by atoms with van der Waals surface area (Å²) in [6.45, 7) is 0. The quantitative estimate of drug-likeness (QED) is 0.737. The monoisotopic (exact) mass is 323 g/mol. The van der Waals surface area contributed by atoms with E-state index in [4.69, 9.17) is 0 Å². The van der Waals surface area contributed by atoms with E-state index in [0.29, 0.717) is 0 Å². The molecule has 2 heteroatoms. The number of quaternary nitrogens is 1. The number of rotatable bonds is 3. The Hall–Kier alpha value is -3.23. The first-order chi connectivity index (χ1) is 12.4. The zero-order valence-corrected chi connectivity index (χ0v) is 13.8. The largest absolute Gasteiger partial charge is 0.287 e. The number of fused-ring (bicyclic) bond motifs is 2. The van der Waals surface area contributed by atoms with Crippen LogP contribution in [0.4, 0.5) is 0 Å². The summed E-state index contributed by atoms with van der Waals surface area (Å²) in [4.78, 5) is 4.47. The Labute approximate surface area is 146 Å². The maximum Gasteiger partial charge on any atom is 0.134 e. The van der Waals surface area contributed by atoms with E-state index in [1.165, 1.54) is 26.9 Å². The van der Waals surface area contributed by atoms with Gasteiger partial charge in [0.25, 0.3) is 0 Å². The van der Waals surface area contributed by atoms with Gasteiger partial charge in [0.1, 0.15) is 11.9 Å². The van der Waals surface area contributed by atoms with Crippen molar-refractivity contribution in [1.29, 1.82) is 0 Å². The topological polar surface area (TPSA) is 29.5 Å². The van der Waals surface area contributed by atoms with Gasteiger partial charge >= 0.3 is 0 Å². The summed E-state index contributed by atoms with van der Waals surface area (Å²) in [5.41, 5.74) is 2.17. The molecule has 0 amide bonds. The molecule has 4 rings (SSSR count). The van der Waals surface area contributed by atoms with Crippen LogP contribution >= 0.6 is 0 Å². The van der Waals surface area contributed by atoms with Crippen LogP contribution in [0.15, 0.2) is 90.8 Å². The van der Waals surface area contributed by atoms with Crippen molar-refractivity contribution in [3.8, 4) is 0 Å². The summed E-state index contributed by atoms with van der Waals surface area (Å²) in [6.07, 6.45) is 16.5. The highest BCUT2D eigenvalue weighted by Crippen LogP contribution is 2.13. The number of pyridine rings is 1. The van der Waals surface area contributed by atoms with Crippen molar-refractivity contribution in [2.45, 2.75) is 0 Å². The van der Waals surface area contributed by atoms with Gasteiger partial charge in [0.15, 0.2) is 0 Å². The molecule has 2 aromatic carbocycles. The summed E-state index contributed by atoms with van der Waals surface area (Å²) in [5, 5.41) is 7.05. The van der Waals surface area contributed by atoms with Crippen LogP contribution in [-0.4, -0.2) is 4.98 Å². The summed E-state index contributed by atoms with van der Waals surface area (Å²) < 4.78 is 0. The third-order valence-corrected chi connectivity index (χ3v) is 4.20. The Bertz CT molecular complexity index is 1120. The first-order valence-electron chi connectivity index (χ1n) is 8.40. The van der Waals surface area contributed by atoms with Crippen molar-refractivity contribution in [3.05, 3.63) is 107 Å². The summed E-state index contributed by atoms with van der Waals surface area (Å²) in [6, 6.07) is 18.8. The highest BCUT2D eigenvalue weighted by molar-refractivity contribution is 5.83. The van der Waals surface area contributed by atoms with Gasteiger partial charge in [0.2, 0.25) is 0 Å². The number of nitrogens with zero attached hydrogens (tertiary/aromatic N) is 1. The summed E-state index contributed by atoms with van der Waals surface area (Å²) >= 11 is 0. The number of hydrogen-bond donors (Lipinski definition) is 1. The van der Waals surface area contributed by atoms with Crippen LogP contribution in [-0.2, 0) is 0 Å². The molecule has 1 aromatic heterocycles. The van der Waals surface area contributed by atoms with E-state index < -0.39 is 0 Å². The molecule has 1 aliphatic rings. The molecule has 25 heavy (non-hydrogen) atoms. The van der Waals surface area contributed by atoms with Gasteiger partial charge in [-0.15, -0.1) is 0 Å². The first kappa shape index (κ1) is 15.3. The predicted molar refractivity (Wildman–Crippen MR) is 105 cm³/mol. The molecule has 0 aliphatic carbocycles. The molecular weight excluding hydrogens is 304 g/mol. The summed E-state index contributed by atoms with van der Waals surface area (Å²) in [7, 11) is 0. The van der Waals surface area contributed by atoms with Crippen LogP contribution in [0, 0.1) is 0 Å². The first-order valence-corrected chi connectivity index (χ1v) is 8.40. The fourth-order valence-corrected chi connectivity index (χ4v) is 2.89. The van der Waals surface area contributed by atoms with E-state index >= 15 is 0 Å². The lowest BCUT2D eigenvalue weighted by Crippen LogP contribution is -2.77. The van der Waals surface area contributed by atoms with Gasteiger partial charge in [-0.2, -0.15) is 0 Å². The Balaban J connectivity index is 1.47. The molecule has 120 valence electrons. The van der Waals surface area contributed by atoms with E-state index in [2.05, 4.69) is 77.2 Å². The molecule has 3 aromatic rings. The molecule has 0 spiro atoms. The van der Waals surface area contributed by atoms with Gasteiger partial charge in [0.05, 0.1) is 5.69 Å². The van der Waals surface area contributed by atoms with Gasteiger partial charge in [0, 0.05) is 22.9 Å². The van der Waals surface area contributed by atoms with Crippen LogP contribution in [0.3, 0.4) is 0 Å². The molecule has 0 bridgehead atoms. The van der Waals surface area contributed by atoms with E-state index in [1.807, 2.05) is 36.6 Å². The average Bonchev–Trinajstić information content (AvgIpc) is 2.67. The van der Waals surface area contributed by atoms with Gasteiger partial charge in [-0.25, -0.2) is 0 Å². The van der Waals surface area contributed by atoms with Gasteiger partial charge in [-0.05, 0) is 34.9 Å². The fraction of sp³-hybridized carbons (Fsp3) is 0. The van der Waals surface area contributed by atoms with E-state index in [0.717, 1.165) is 5.69 Å². The van der Waals surface area contributed by atoms with Crippen LogP contribution in [0.5, 0.6) is 0 Å². The molecule has 0 radical (unpaired) electrons. The fourth-order valence-electron chi connectivity index (χ4n) is 2.89. The van der Waals surface area contributed by atoms with E-state index in [9.17, 15) is 0 Å². The normalized spacial score (nSPS) is 15.4. The molecule has 1 aliphatic heterocycles. The molecule has 2 nitrogen and oxygen atoms in total. The van der Waals surface area contributed by atoms with Crippen molar-refractivity contribution in [1.82, 2.24) is 4.98 Å². The molecule has 0 unspecified atom stereocenters. The van der Waals surface area contributed by atoms with Gasteiger partial charge in [-0.1, -0.05) is 60.7 Å². The maximum atomic E-state index is 4.47. The second-order valence-electron chi connectivity index (χ2n) is 5.97. The Morgan fingerprint density at radius 3 is 2.52 bits per heavy atom. The average molecular weight is 323 g/mol. The molecule has 0 saturated carbocycles. The third-order valence-electron chi connectivity index (χ3n) is 4.20. The lowest BCUT2D eigenvalue weighted by molar-refractivity contribution is -0.490. The molecule has 0 fully saturated rings. The molecule has 2 heterocycles. The lowest BCUT2D eigenvalue weighted by atomic mass is 10.1. The minimum absolute atomic E-state index is 0.967. The molecule has 2 N–H and O–H groups in total. The second-order valence-corrected chi connectivity index (χ2v) is 5.97. The Morgan fingerprint density at radius 1 is 0.800 bits per heavy atom. The number of aromatic nitrogens is 1. The summed E-state index contributed by atoms with van der Waals surface area (Å²) in [5.74, 6) is 0. The van der Waals surface area contributed by atoms with Crippen LogP contribution in [0.2, 0.25) is 0 Å². The third kappa shape index (κ3) is 3.65. The minimum Gasteiger partial charge on any atom is -0.287 e. The van der Waals surface area contributed by atoms with E-state index in [-0.39, 0.29) is 0 Å². The second kappa shape index (κ2) is 7.12. The maximum absolute atomic E-state index is 4.47. The number of nitrogens with two attached hydrogens (primary N) is 1. The smallest absolute Gasteiger partial charge is 0.134 e. The van der Waals surface area contributed by atoms with Crippen molar-refractivity contribution in [2.75, 3.05) is 0 Å². The zero-order valence-electron chi connectivity index (χ0n) is 13.8. The molecule has 0 atom stereocenters. The Kier molecular flexibility index (Phi) is 4.36. The number of hydrogen-bond acceptors (Lipinski definition) is 1. The molecular formula is C23H19N2+. The van der Waals surface area contributed by atoms with Crippen LogP contribution in [0.25, 0.3) is 29.1 Å². The standard InChI is InChI=1S/C23H18N2/c1(2-12-22-14-18-8-4-6-10-20(18)16-24-22)3-13-23-15-19-9-5-7-11-21(19)17-25-23/h1-17,24H/p+1/b2-1+,13-3+,22-12-. The molecule has 0 saturated heterocycles. The highest BCUT2D eigenvalue weighted by atomic mass is 14.8. The SMILES string of the molecule is C1=c2ccccc2=C/C(=C/C=C/C=C/c2cc3ccccc3cn2)[NH2+]1. The zero-order chi connectivity index (χ0) is 16.9. The lowest BCUT2D eigenvalue weighted by Gasteiger charge is -2.00. The number of allylic oxidation sites excluding steroid dienone is 5. The van der Waals surface area contributed by atoms with Gasteiger partial charge < -0.3 is 0 Å². The van der Waals surface area contributed by atoms with Crippen LogP contribution in [0.1, 0.15) is 5.69 Å². The highest BCUT2D eigenvalue weighted by Gasteiger charge is 1.99. The van der Waals surface area contributed by atoms with Crippen molar-refractivity contribution >= 4 is 29.1 Å². The van der Waals surface area contributed by atoms with Gasteiger partial charge in [-0.3, -0.25) is 10.3 Å². The minimum atomic E-state index is 0.967. The van der Waals surface area contributed by atoms with Crippen molar-refractivity contribution < 1.29 is 5.32 Å². The Morgan fingerprint density at radius 2 is 1.60 bits per heavy atom. The number of benzene rings is 2. The van der Waals surface area contributed by atoms with E-state index in [1.54, 1.807) is 0 Å².